The minimum absolute atomic E-state index is 0.296. The van der Waals surface area contributed by atoms with E-state index >= 15 is 0 Å². The molecule has 1 aromatic rings. The van der Waals surface area contributed by atoms with Gasteiger partial charge in [0.1, 0.15) is 4.99 Å². The summed E-state index contributed by atoms with van der Waals surface area (Å²) >= 11 is 4.86. The van der Waals surface area contributed by atoms with E-state index in [1.165, 1.54) is 4.31 Å². The number of hydrogen-bond acceptors (Lipinski definition) is 3. The molecule has 0 spiro atoms. The molecular formula is C13H19N3O2S2. The second-order valence-electron chi connectivity index (χ2n) is 5.15. The third-order valence-corrected chi connectivity index (χ3v) is 5.12. The van der Waals surface area contributed by atoms with Gasteiger partial charge in [0.05, 0.1) is 0 Å². The second-order valence-corrected chi connectivity index (χ2v) is 7.26. The number of nitrogens with zero attached hydrogens (tertiary/aromatic N) is 1. The van der Waals surface area contributed by atoms with E-state index in [0.29, 0.717) is 29.7 Å². The number of anilines is 1. The van der Waals surface area contributed by atoms with Gasteiger partial charge in [0.2, 0.25) is 0 Å². The van der Waals surface area contributed by atoms with Crippen molar-refractivity contribution in [3.63, 3.8) is 0 Å². The molecule has 0 aromatic heterocycles. The first-order valence-corrected chi connectivity index (χ1v) is 8.41. The molecule has 1 aliphatic heterocycles. The summed E-state index contributed by atoms with van der Waals surface area (Å²) in [7, 11) is -3.48. The SMILES string of the molecule is CC1CCCN(S(=O)(=O)Nc2ccc(C(N)=S)cc2)C1. The molecule has 1 atom stereocenters. The molecule has 7 heteroatoms. The van der Waals surface area contributed by atoms with Crippen LogP contribution in [0.15, 0.2) is 24.3 Å². The van der Waals surface area contributed by atoms with Gasteiger partial charge in [-0.05, 0) is 43.0 Å². The Morgan fingerprint density at radius 2 is 2.05 bits per heavy atom. The van der Waals surface area contributed by atoms with E-state index in [1.54, 1.807) is 24.3 Å². The molecular weight excluding hydrogens is 294 g/mol. The van der Waals surface area contributed by atoms with Gasteiger partial charge in [0, 0.05) is 24.3 Å². The van der Waals surface area contributed by atoms with E-state index in [1.807, 2.05) is 0 Å². The minimum atomic E-state index is -3.48. The highest BCUT2D eigenvalue weighted by atomic mass is 32.2. The van der Waals surface area contributed by atoms with Gasteiger partial charge in [-0.25, -0.2) is 0 Å². The molecule has 1 fully saturated rings. The number of hydrogen-bond donors (Lipinski definition) is 2. The van der Waals surface area contributed by atoms with Gasteiger partial charge in [-0.3, -0.25) is 4.72 Å². The zero-order valence-electron chi connectivity index (χ0n) is 11.4. The van der Waals surface area contributed by atoms with Gasteiger partial charge in [-0.15, -0.1) is 0 Å². The molecule has 5 nitrogen and oxygen atoms in total. The average molecular weight is 313 g/mol. The lowest BCUT2D eigenvalue weighted by Gasteiger charge is -2.30. The second kappa shape index (κ2) is 6.07. The Labute approximate surface area is 125 Å². The molecule has 0 radical (unpaired) electrons. The highest BCUT2D eigenvalue weighted by Crippen LogP contribution is 2.20. The summed E-state index contributed by atoms with van der Waals surface area (Å²) in [5, 5.41) is 0. The van der Waals surface area contributed by atoms with Gasteiger partial charge in [0.15, 0.2) is 0 Å². The molecule has 1 heterocycles. The van der Waals surface area contributed by atoms with E-state index in [-0.39, 0.29) is 0 Å². The van der Waals surface area contributed by atoms with Gasteiger partial charge in [-0.2, -0.15) is 12.7 Å². The van der Waals surface area contributed by atoms with Crippen molar-refractivity contribution in [3.05, 3.63) is 29.8 Å². The molecule has 1 saturated heterocycles. The highest BCUT2D eigenvalue weighted by molar-refractivity contribution is 7.90. The van der Waals surface area contributed by atoms with Crippen LogP contribution in [-0.4, -0.2) is 30.8 Å². The van der Waals surface area contributed by atoms with Crippen LogP contribution >= 0.6 is 12.2 Å². The topological polar surface area (TPSA) is 75.4 Å². The number of benzene rings is 1. The lowest BCUT2D eigenvalue weighted by molar-refractivity contribution is 0.282. The summed E-state index contributed by atoms with van der Waals surface area (Å²) < 4.78 is 28.7. The number of piperidine rings is 1. The number of nitrogens with two attached hydrogens (primary N) is 1. The van der Waals surface area contributed by atoms with Gasteiger partial charge in [0.25, 0.3) is 0 Å². The first kappa shape index (κ1) is 15.2. The standard InChI is InChI=1S/C13H19N3O2S2/c1-10-3-2-8-16(9-10)20(17,18)15-12-6-4-11(5-7-12)13(14)19/h4-7,10,15H,2-3,8-9H2,1H3,(H2,14,19). The summed E-state index contributed by atoms with van der Waals surface area (Å²) in [6, 6.07) is 6.75. The van der Waals surface area contributed by atoms with Crippen molar-refractivity contribution in [1.29, 1.82) is 0 Å². The minimum Gasteiger partial charge on any atom is -0.389 e. The summed E-state index contributed by atoms with van der Waals surface area (Å²) in [6.45, 7) is 3.21. The molecule has 0 amide bonds. The van der Waals surface area contributed by atoms with Gasteiger partial charge in [-0.1, -0.05) is 19.1 Å². The van der Waals surface area contributed by atoms with Crippen molar-refractivity contribution in [1.82, 2.24) is 4.31 Å². The van der Waals surface area contributed by atoms with E-state index in [0.717, 1.165) is 18.4 Å². The fraction of sp³-hybridized carbons (Fsp3) is 0.462. The van der Waals surface area contributed by atoms with E-state index in [4.69, 9.17) is 18.0 Å². The predicted molar refractivity (Wildman–Crippen MR) is 84.8 cm³/mol. The molecule has 1 aliphatic rings. The molecule has 0 bridgehead atoms. The maximum absolute atomic E-state index is 12.3. The van der Waals surface area contributed by atoms with Gasteiger partial charge < -0.3 is 5.73 Å². The van der Waals surface area contributed by atoms with E-state index in [2.05, 4.69) is 11.6 Å². The maximum atomic E-state index is 12.3. The summed E-state index contributed by atoms with van der Waals surface area (Å²) in [5.74, 6) is 0.400. The zero-order chi connectivity index (χ0) is 14.8. The fourth-order valence-electron chi connectivity index (χ4n) is 2.28. The van der Waals surface area contributed by atoms with Crippen LogP contribution in [0.5, 0.6) is 0 Å². The van der Waals surface area contributed by atoms with Crippen molar-refractivity contribution in [2.75, 3.05) is 17.8 Å². The van der Waals surface area contributed by atoms with Crippen LogP contribution in [0.3, 0.4) is 0 Å². The summed E-state index contributed by atoms with van der Waals surface area (Å²) in [6.07, 6.45) is 1.98. The predicted octanol–water partition coefficient (Wildman–Crippen LogP) is 1.71. The van der Waals surface area contributed by atoms with Crippen molar-refractivity contribution in [3.8, 4) is 0 Å². The fourth-order valence-corrected chi connectivity index (χ4v) is 3.80. The van der Waals surface area contributed by atoms with Crippen molar-refractivity contribution >= 4 is 33.1 Å². The number of thiocarbonyl (C=S) groups is 1. The van der Waals surface area contributed by atoms with Crippen LogP contribution in [0.1, 0.15) is 25.3 Å². The molecule has 3 N–H and O–H groups in total. The number of nitrogens with one attached hydrogen (secondary N) is 1. The third-order valence-electron chi connectivity index (χ3n) is 3.38. The molecule has 1 unspecified atom stereocenters. The third kappa shape index (κ3) is 3.68. The Kier molecular flexibility index (Phi) is 4.62. The Morgan fingerprint density at radius 3 is 2.60 bits per heavy atom. The first-order chi connectivity index (χ1) is 9.38. The van der Waals surface area contributed by atoms with Crippen LogP contribution in [0.4, 0.5) is 5.69 Å². The summed E-state index contributed by atoms with van der Waals surface area (Å²) in [5.41, 5.74) is 6.74. The largest absolute Gasteiger partial charge is 0.389 e. The monoisotopic (exact) mass is 313 g/mol. The van der Waals surface area contributed by atoms with Crippen LogP contribution < -0.4 is 10.5 Å². The Hall–Kier alpha value is -1.18. The van der Waals surface area contributed by atoms with Crippen molar-refractivity contribution in [2.45, 2.75) is 19.8 Å². The summed E-state index contributed by atoms with van der Waals surface area (Å²) in [4.78, 5) is 0.296. The maximum Gasteiger partial charge on any atom is 0.301 e. The number of rotatable bonds is 4. The molecule has 0 aliphatic carbocycles. The molecule has 0 saturated carbocycles. The highest BCUT2D eigenvalue weighted by Gasteiger charge is 2.26. The zero-order valence-corrected chi connectivity index (χ0v) is 13.0. The van der Waals surface area contributed by atoms with Gasteiger partial charge >= 0.3 is 10.2 Å². The Balaban J connectivity index is 2.09. The van der Waals surface area contributed by atoms with E-state index < -0.39 is 10.2 Å². The molecule has 110 valence electrons. The smallest absolute Gasteiger partial charge is 0.301 e. The normalized spacial score (nSPS) is 20.6. The van der Waals surface area contributed by atoms with Crippen LogP contribution in [0.2, 0.25) is 0 Å². The van der Waals surface area contributed by atoms with Crippen LogP contribution in [0, 0.1) is 5.92 Å². The van der Waals surface area contributed by atoms with Crippen molar-refractivity contribution in [2.24, 2.45) is 11.7 Å². The lowest BCUT2D eigenvalue weighted by Crippen LogP contribution is -2.42. The Bertz CT molecular complexity index is 584. The van der Waals surface area contributed by atoms with Crippen LogP contribution in [-0.2, 0) is 10.2 Å². The molecule has 20 heavy (non-hydrogen) atoms. The molecule has 2 rings (SSSR count). The quantitative estimate of drug-likeness (QED) is 0.830. The lowest BCUT2D eigenvalue weighted by atomic mass is 10.0. The van der Waals surface area contributed by atoms with Crippen LogP contribution in [0.25, 0.3) is 0 Å². The average Bonchev–Trinajstić information content (AvgIpc) is 2.39. The van der Waals surface area contributed by atoms with Crippen molar-refractivity contribution < 1.29 is 8.42 Å². The molecule has 1 aromatic carbocycles. The first-order valence-electron chi connectivity index (χ1n) is 6.56. The Morgan fingerprint density at radius 1 is 1.40 bits per heavy atom. The van der Waals surface area contributed by atoms with E-state index in [9.17, 15) is 8.42 Å².